The zero-order chi connectivity index (χ0) is 13.6. The van der Waals surface area contributed by atoms with Gasteiger partial charge in [0.15, 0.2) is 0 Å². The van der Waals surface area contributed by atoms with Gasteiger partial charge in [-0.05, 0) is 27.1 Å². The van der Waals surface area contributed by atoms with Crippen LogP contribution in [0.5, 0.6) is 0 Å². The number of rotatable bonds is 8. The molecule has 3 N–H and O–H groups in total. The first-order valence-electron chi connectivity index (χ1n) is 5.82. The summed E-state index contributed by atoms with van der Waals surface area (Å²) in [6, 6.07) is 0. The fraction of sp³-hybridized carbons (Fsp3) is 0.700. The Bertz CT molecular complexity index is 455. The molecule has 1 aromatic heterocycles. The van der Waals surface area contributed by atoms with Gasteiger partial charge in [-0.3, -0.25) is 4.68 Å². The molecule has 7 nitrogen and oxygen atoms in total. The van der Waals surface area contributed by atoms with E-state index in [1.165, 1.54) is 12.4 Å². The highest BCUT2D eigenvalue weighted by Gasteiger charge is 2.15. The Balaban J connectivity index is 2.58. The maximum atomic E-state index is 11.9. The summed E-state index contributed by atoms with van der Waals surface area (Å²) in [7, 11) is 0.325. The molecule has 18 heavy (non-hydrogen) atoms. The summed E-state index contributed by atoms with van der Waals surface area (Å²) in [6.07, 6.45) is 3.65. The summed E-state index contributed by atoms with van der Waals surface area (Å²) < 4.78 is 27.9. The Morgan fingerprint density at radius 2 is 2.22 bits per heavy atom. The normalized spacial score (nSPS) is 12.2. The highest BCUT2D eigenvalue weighted by molar-refractivity contribution is 7.89. The number of nitrogens with one attached hydrogen (secondary N) is 1. The fourth-order valence-electron chi connectivity index (χ4n) is 1.35. The Labute approximate surface area is 108 Å². The van der Waals surface area contributed by atoms with Gasteiger partial charge in [0.2, 0.25) is 10.0 Å². The summed E-state index contributed by atoms with van der Waals surface area (Å²) in [6.45, 7) is 2.22. The predicted molar refractivity (Wildman–Crippen MR) is 69.6 cm³/mol. The summed E-state index contributed by atoms with van der Waals surface area (Å²) in [5.74, 6) is 0. The van der Waals surface area contributed by atoms with Crippen molar-refractivity contribution < 1.29 is 8.42 Å². The highest BCUT2D eigenvalue weighted by Crippen LogP contribution is 2.06. The van der Waals surface area contributed by atoms with Gasteiger partial charge in [-0.15, -0.1) is 0 Å². The number of likely N-dealkylation sites (N-methyl/N-ethyl adjacent to an activating group) is 1. The molecule has 0 atom stereocenters. The van der Waals surface area contributed by atoms with E-state index in [4.69, 9.17) is 5.73 Å². The van der Waals surface area contributed by atoms with Crippen LogP contribution in [0.25, 0.3) is 0 Å². The van der Waals surface area contributed by atoms with E-state index in [2.05, 4.69) is 9.82 Å². The molecule has 0 aliphatic rings. The van der Waals surface area contributed by atoms with E-state index in [1.54, 1.807) is 4.68 Å². The maximum absolute atomic E-state index is 11.9. The third kappa shape index (κ3) is 4.73. The van der Waals surface area contributed by atoms with Gasteiger partial charge in [-0.25, -0.2) is 13.1 Å². The molecule has 1 heterocycles. The van der Waals surface area contributed by atoms with Gasteiger partial charge in [-0.1, -0.05) is 0 Å². The summed E-state index contributed by atoms with van der Waals surface area (Å²) >= 11 is 0. The first-order chi connectivity index (χ1) is 8.45. The van der Waals surface area contributed by atoms with Gasteiger partial charge in [0.25, 0.3) is 0 Å². The lowest BCUT2D eigenvalue weighted by atomic mass is 10.4. The average molecular weight is 275 g/mol. The van der Waals surface area contributed by atoms with Crippen molar-refractivity contribution in [1.82, 2.24) is 19.4 Å². The predicted octanol–water partition coefficient (Wildman–Crippen LogP) is -0.928. The summed E-state index contributed by atoms with van der Waals surface area (Å²) in [4.78, 5) is 2.10. The average Bonchev–Trinajstić information content (AvgIpc) is 2.74. The maximum Gasteiger partial charge on any atom is 0.243 e. The van der Waals surface area contributed by atoms with Crippen LogP contribution >= 0.6 is 0 Å². The van der Waals surface area contributed by atoms with Crippen LogP contribution in [0.2, 0.25) is 0 Å². The Hall–Kier alpha value is -0.960. The van der Waals surface area contributed by atoms with Gasteiger partial charge in [0.1, 0.15) is 4.90 Å². The minimum absolute atomic E-state index is 0.193. The molecule has 0 saturated carbocycles. The van der Waals surface area contributed by atoms with Gasteiger partial charge in [0, 0.05) is 25.8 Å². The third-order valence-electron chi connectivity index (χ3n) is 2.36. The van der Waals surface area contributed by atoms with Crippen molar-refractivity contribution in [1.29, 1.82) is 0 Å². The minimum atomic E-state index is -3.45. The number of sulfonamides is 1. The smallest absolute Gasteiger partial charge is 0.243 e. The molecule has 104 valence electrons. The SMILES string of the molecule is CN(C)CCNS(=O)(=O)c1cnn(CCCN)c1. The molecule has 0 saturated heterocycles. The molecule has 0 aliphatic heterocycles. The summed E-state index contributed by atoms with van der Waals surface area (Å²) in [5.41, 5.74) is 5.39. The van der Waals surface area contributed by atoms with Crippen molar-refractivity contribution in [2.45, 2.75) is 17.9 Å². The minimum Gasteiger partial charge on any atom is -0.330 e. The fourth-order valence-corrected chi connectivity index (χ4v) is 2.32. The number of hydrogen-bond donors (Lipinski definition) is 2. The number of aromatic nitrogens is 2. The molecule has 0 amide bonds. The lowest BCUT2D eigenvalue weighted by Gasteiger charge is -2.09. The zero-order valence-electron chi connectivity index (χ0n) is 10.8. The van der Waals surface area contributed by atoms with E-state index in [9.17, 15) is 8.42 Å². The van der Waals surface area contributed by atoms with E-state index in [0.29, 0.717) is 26.2 Å². The molecule has 0 bridgehead atoms. The van der Waals surface area contributed by atoms with Crippen LogP contribution < -0.4 is 10.5 Å². The second-order valence-electron chi connectivity index (χ2n) is 4.28. The van der Waals surface area contributed by atoms with Crippen molar-refractivity contribution >= 4 is 10.0 Å². The first kappa shape index (κ1) is 15.1. The van der Waals surface area contributed by atoms with E-state index in [-0.39, 0.29) is 4.90 Å². The van der Waals surface area contributed by atoms with Gasteiger partial charge < -0.3 is 10.6 Å². The van der Waals surface area contributed by atoms with Gasteiger partial charge in [-0.2, -0.15) is 5.10 Å². The monoisotopic (exact) mass is 275 g/mol. The van der Waals surface area contributed by atoms with Crippen LogP contribution in [-0.4, -0.2) is 56.8 Å². The van der Waals surface area contributed by atoms with Crippen molar-refractivity contribution in [3.63, 3.8) is 0 Å². The van der Waals surface area contributed by atoms with E-state index < -0.39 is 10.0 Å². The van der Waals surface area contributed by atoms with E-state index in [0.717, 1.165) is 6.42 Å². The number of nitrogens with two attached hydrogens (primary N) is 1. The first-order valence-corrected chi connectivity index (χ1v) is 7.31. The molecule has 0 spiro atoms. The Kier molecular flexibility index (Phi) is 5.73. The molecular formula is C10H21N5O2S. The second kappa shape index (κ2) is 6.83. The van der Waals surface area contributed by atoms with Crippen LogP contribution in [0.4, 0.5) is 0 Å². The van der Waals surface area contributed by atoms with Crippen LogP contribution in [0.1, 0.15) is 6.42 Å². The lowest BCUT2D eigenvalue weighted by Crippen LogP contribution is -2.31. The molecule has 0 unspecified atom stereocenters. The van der Waals surface area contributed by atoms with Gasteiger partial charge >= 0.3 is 0 Å². The van der Waals surface area contributed by atoms with Crippen molar-refractivity contribution in [2.75, 3.05) is 33.7 Å². The lowest BCUT2D eigenvalue weighted by molar-refractivity contribution is 0.412. The Morgan fingerprint density at radius 1 is 1.50 bits per heavy atom. The van der Waals surface area contributed by atoms with Crippen LogP contribution in [0.3, 0.4) is 0 Å². The quantitative estimate of drug-likeness (QED) is 0.639. The second-order valence-corrected chi connectivity index (χ2v) is 6.05. The number of aryl methyl sites for hydroxylation is 1. The Morgan fingerprint density at radius 3 is 2.83 bits per heavy atom. The van der Waals surface area contributed by atoms with Crippen LogP contribution in [-0.2, 0) is 16.6 Å². The van der Waals surface area contributed by atoms with E-state index in [1.807, 2.05) is 19.0 Å². The molecule has 0 aromatic carbocycles. The standard InChI is InChI=1S/C10H21N5O2S/c1-14(2)7-5-13-18(16,17)10-8-12-15(9-10)6-3-4-11/h8-9,13H,3-7,11H2,1-2H3. The molecule has 1 aromatic rings. The summed E-state index contributed by atoms with van der Waals surface area (Å²) in [5, 5.41) is 3.99. The number of nitrogens with zero attached hydrogens (tertiary/aromatic N) is 3. The molecule has 0 radical (unpaired) electrons. The van der Waals surface area contributed by atoms with E-state index >= 15 is 0 Å². The van der Waals surface area contributed by atoms with Crippen LogP contribution in [0, 0.1) is 0 Å². The topological polar surface area (TPSA) is 93.2 Å². The molecule has 1 rings (SSSR count). The van der Waals surface area contributed by atoms with Crippen LogP contribution in [0.15, 0.2) is 17.3 Å². The molecule has 8 heteroatoms. The molecular weight excluding hydrogens is 254 g/mol. The van der Waals surface area contributed by atoms with Gasteiger partial charge in [0.05, 0.1) is 6.20 Å². The highest BCUT2D eigenvalue weighted by atomic mass is 32.2. The molecule has 0 aliphatic carbocycles. The largest absolute Gasteiger partial charge is 0.330 e. The number of hydrogen-bond acceptors (Lipinski definition) is 5. The van der Waals surface area contributed by atoms with Crippen molar-refractivity contribution in [3.8, 4) is 0 Å². The zero-order valence-corrected chi connectivity index (χ0v) is 11.7. The van der Waals surface area contributed by atoms with Crippen molar-refractivity contribution in [2.24, 2.45) is 5.73 Å². The molecule has 0 fully saturated rings. The third-order valence-corrected chi connectivity index (χ3v) is 3.78. The van der Waals surface area contributed by atoms with Crippen molar-refractivity contribution in [3.05, 3.63) is 12.4 Å².